The van der Waals surface area contributed by atoms with Crippen molar-refractivity contribution in [1.29, 1.82) is 0 Å². The molecule has 6 rings (SSSR count). The maximum Gasteiger partial charge on any atom is 0.242 e. The molecule has 0 spiro atoms. The Labute approximate surface area is 222 Å². The highest BCUT2D eigenvalue weighted by Gasteiger charge is 2.27. The maximum absolute atomic E-state index is 13.5. The summed E-state index contributed by atoms with van der Waals surface area (Å²) >= 11 is 0. The van der Waals surface area contributed by atoms with Gasteiger partial charge in [0, 0.05) is 37.6 Å². The first kappa shape index (κ1) is 25.0. The zero-order valence-electron chi connectivity index (χ0n) is 21.7. The van der Waals surface area contributed by atoms with Crippen LogP contribution in [0.15, 0.2) is 58.5 Å². The normalized spacial score (nSPS) is 16.8. The SMILES string of the molecule is Cc1cc(-c2cnoc2)cc2c(N3CCc4ccc(S(=O)(=O)N(C)CC5CCNCC5)cc4C3)ncnc12. The largest absolute Gasteiger partial charge is 0.364 e. The van der Waals surface area contributed by atoms with Crippen molar-refractivity contribution >= 4 is 26.7 Å². The van der Waals surface area contributed by atoms with Gasteiger partial charge < -0.3 is 14.7 Å². The molecule has 4 heterocycles. The number of rotatable bonds is 6. The Hall–Kier alpha value is -3.34. The van der Waals surface area contributed by atoms with Gasteiger partial charge in [-0.15, -0.1) is 0 Å². The van der Waals surface area contributed by atoms with Crippen LogP contribution in [-0.2, 0) is 23.0 Å². The number of hydrogen-bond acceptors (Lipinski definition) is 8. The number of sulfonamides is 1. The molecule has 0 radical (unpaired) electrons. The number of benzene rings is 2. The molecule has 0 saturated carbocycles. The maximum atomic E-state index is 13.5. The van der Waals surface area contributed by atoms with E-state index in [0.29, 0.717) is 23.9 Å². The molecule has 1 saturated heterocycles. The molecule has 0 bridgehead atoms. The first-order chi connectivity index (χ1) is 18.4. The Balaban J connectivity index is 1.30. The van der Waals surface area contributed by atoms with Crippen molar-refractivity contribution < 1.29 is 12.9 Å². The molecule has 9 nitrogen and oxygen atoms in total. The van der Waals surface area contributed by atoms with Gasteiger partial charge in [-0.25, -0.2) is 22.7 Å². The topological polar surface area (TPSA) is 104 Å². The minimum Gasteiger partial charge on any atom is -0.364 e. The summed E-state index contributed by atoms with van der Waals surface area (Å²) in [4.78, 5) is 11.8. The van der Waals surface area contributed by atoms with E-state index in [1.165, 1.54) is 9.87 Å². The van der Waals surface area contributed by atoms with Crippen molar-refractivity contribution in [1.82, 2.24) is 24.7 Å². The molecular weight excluding hydrogens is 500 g/mol. The Morgan fingerprint density at radius 2 is 1.95 bits per heavy atom. The molecule has 10 heteroatoms. The molecule has 0 unspecified atom stereocenters. The van der Waals surface area contributed by atoms with Crippen LogP contribution in [0.2, 0.25) is 0 Å². The predicted molar refractivity (Wildman–Crippen MR) is 146 cm³/mol. The monoisotopic (exact) mass is 532 g/mol. The van der Waals surface area contributed by atoms with E-state index in [1.807, 2.05) is 19.1 Å². The van der Waals surface area contributed by atoms with Crippen molar-refractivity contribution in [3.63, 3.8) is 0 Å². The smallest absolute Gasteiger partial charge is 0.242 e. The van der Waals surface area contributed by atoms with Crippen LogP contribution in [0.3, 0.4) is 0 Å². The third-order valence-corrected chi connectivity index (χ3v) is 9.66. The molecule has 198 valence electrons. The van der Waals surface area contributed by atoms with Crippen LogP contribution in [0.25, 0.3) is 22.0 Å². The lowest BCUT2D eigenvalue weighted by atomic mass is 9.98. The molecule has 1 N–H and O–H groups in total. The van der Waals surface area contributed by atoms with Crippen LogP contribution in [-0.4, -0.2) is 61.1 Å². The summed E-state index contributed by atoms with van der Waals surface area (Å²) < 4.78 is 33.5. The molecule has 2 aliphatic heterocycles. The van der Waals surface area contributed by atoms with Gasteiger partial charge in [0.05, 0.1) is 16.6 Å². The fourth-order valence-electron chi connectivity index (χ4n) is 5.68. The van der Waals surface area contributed by atoms with Gasteiger partial charge >= 0.3 is 0 Å². The minimum absolute atomic E-state index is 0.354. The van der Waals surface area contributed by atoms with E-state index >= 15 is 0 Å². The van der Waals surface area contributed by atoms with Gasteiger partial charge in [-0.1, -0.05) is 11.2 Å². The molecule has 2 aromatic carbocycles. The number of nitrogens with zero attached hydrogens (tertiary/aromatic N) is 5. The van der Waals surface area contributed by atoms with E-state index in [1.54, 1.807) is 31.9 Å². The second-order valence-corrected chi connectivity index (χ2v) is 12.4. The van der Waals surface area contributed by atoms with Gasteiger partial charge in [-0.2, -0.15) is 0 Å². The number of aryl methyl sites for hydroxylation is 1. The fourth-order valence-corrected chi connectivity index (χ4v) is 6.98. The average Bonchev–Trinajstić information content (AvgIpc) is 3.48. The molecule has 0 amide bonds. The zero-order chi connectivity index (χ0) is 26.3. The number of nitrogens with one attached hydrogen (secondary N) is 1. The van der Waals surface area contributed by atoms with Gasteiger partial charge in [0.25, 0.3) is 0 Å². The summed E-state index contributed by atoms with van der Waals surface area (Å²) in [6.45, 7) is 5.86. The summed E-state index contributed by atoms with van der Waals surface area (Å²) in [5, 5.41) is 8.15. The van der Waals surface area contributed by atoms with E-state index in [0.717, 1.165) is 77.9 Å². The van der Waals surface area contributed by atoms with Crippen molar-refractivity contribution in [3.8, 4) is 11.1 Å². The number of hydrogen-bond donors (Lipinski definition) is 1. The average molecular weight is 533 g/mol. The van der Waals surface area contributed by atoms with Crippen LogP contribution in [0.1, 0.15) is 29.5 Å². The molecule has 2 aromatic heterocycles. The number of aromatic nitrogens is 3. The molecular formula is C28H32N6O3S. The van der Waals surface area contributed by atoms with Crippen LogP contribution >= 0.6 is 0 Å². The third kappa shape index (κ3) is 4.68. The number of fused-ring (bicyclic) bond motifs is 2. The summed E-state index contributed by atoms with van der Waals surface area (Å²) in [6, 6.07) is 9.75. The predicted octanol–water partition coefficient (Wildman–Crippen LogP) is 3.78. The van der Waals surface area contributed by atoms with Crippen LogP contribution in [0.4, 0.5) is 5.82 Å². The van der Waals surface area contributed by atoms with Crippen LogP contribution in [0, 0.1) is 12.8 Å². The zero-order valence-corrected chi connectivity index (χ0v) is 22.5. The lowest BCUT2D eigenvalue weighted by Gasteiger charge is -2.31. The van der Waals surface area contributed by atoms with Crippen LogP contribution < -0.4 is 10.2 Å². The van der Waals surface area contributed by atoms with Gasteiger partial charge in [0.15, 0.2) is 0 Å². The fraction of sp³-hybridized carbons (Fsp3) is 0.393. The summed E-state index contributed by atoms with van der Waals surface area (Å²) in [7, 11) is -1.87. The Morgan fingerprint density at radius 1 is 1.11 bits per heavy atom. The first-order valence-electron chi connectivity index (χ1n) is 13.1. The lowest BCUT2D eigenvalue weighted by molar-refractivity contribution is 0.311. The second kappa shape index (κ2) is 10.1. The number of piperidine rings is 1. The van der Waals surface area contributed by atoms with Crippen molar-refractivity contribution in [2.75, 3.05) is 38.1 Å². The Morgan fingerprint density at radius 3 is 2.74 bits per heavy atom. The standard InChI is InChI=1S/C28H32N6O3S/c1-19-11-22(24-14-32-37-17-24)13-26-27(19)30-18-31-28(26)34-10-7-21-3-4-25(12-23(21)16-34)38(35,36)33(2)15-20-5-8-29-9-6-20/h3-4,11-14,17-18,20,29H,5-10,15-16H2,1-2H3. The summed E-state index contributed by atoms with van der Waals surface area (Å²) in [5.41, 5.74) is 6.04. The van der Waals surface area contributed by atoms with Gasteiger partial charge in [0.2, 0.25) is 10.0 Å². The highest BCUT2D eigenvalue weighted by Crippen LogP contribution is 2.34. The molecule has 2 aliphatic rings. The van der Waals surface area contributed by atoms with Crippen molar-refractivity contribution in [2.45, 2.75) is 37.6 Å². The van der Waals surface area contributed by atoms with E-state index in [9.17, 15) is 8.42 Å². The summed E-state index contributed by atoms with van der Waals surface area (Å²) in [6.07, 6.45) is 7.76. The number of anilines is 1. The van der Waals surface area contributed by atoms with Gasteiger partial charge in [0.1, 0.15) is 18.4 Å². The first-order valence-corrected chi connectivity index (χ1v) is 14.5. The highest BCUT2D eigenvalue weighted by molar-refractivity contribution is 7.89. The molecule has 0 aliphatic carbocycles. The molecule has 4 aromatic rings. The third-order valence-electron chi connectivity index (χ3n) is 7.85. The lowest BCUT2D eigenvalue weighted by Crippen LogP contribution is -2.37. The van der Waals surface area contributed by atoms with E-state index in [4.69, 9.17) is 4.52 Å². The van der Waals surface area contributed by atoms with Crippen molar-refractivity contribution in [3.05, 3.63) is 65.8 Å². The van der Waals surface area contributed by atoms with Gasteiger partial charge in [-0.3, -0.25) is 0 Å². The van der Waals surface area contributed by atoms with E-state index < -0.39 is 10.0 Å². The molecule has 1 fully saturated rings. The van der Waals surface area contributed by atoms with E-state index in [2.05, 4.69) is 37.5 Å². The molecule has 0 atom stereocenters. The quantitative estimate of drug-likeness (QED) is 0.400. The van der Waals surface area contributed by atoms with Gasteiger partial charge in [-0.05, 0) is 91.7 Å². The van der Waals surface area contributed by atoms with Crippen LogP contribution in [0.5, 0.6) is 0 Å². The molecule has 38 heavy (non-hydrogen) atoms. The minimum atomic E-state index is -3.57. The van der Waals surface area contributed by atoms with Crippen molar-refractivity contribution in [2.24, 2.45) is 5.92 Å². The van der Waals surface area contributed by atoms with E-state index in [-0.39, 0.29) is 0 Å². The Kier molecular flexibility index (Phi) is 6.63. The highest BCUT2D eigenvalue weighted by atomic mass is 32.2. The Bertz CT molecular complexity index is 1570. The second-order valence-electron chi connectivity index (χ2n) is 10.4. The summed E-state index contributed by atoms with van der Waals surface area (Å²) in [5.74, 6) is 1.24.